The van der Waals surface area contributed by atoms with Gasteiger partial charge in [0, 0.05) is 26.4 Å². The van der Waals surface area contributed by atoms with Gasteiger partial charge >= 0.3 is 0 Å². The zero-order chi connectivity index (χ0) is 14.6. The van der Waals surface area contributed by atoms with Gasteiger partial charge in [-0.25, -0.2) is 13.4 Å². The molecule has 1 aromatic rings. The molecule has 1 atom stereocenters. The second kappa shape index (κ2) is 6.62. The molecule has 1 aliphatic rings. The number of pyridine rings is 1. The van der Waals surface area contributed by atoms with Crippen molar-refractivity contribution in [2.24, 2.45) is 0 Å². The standard InChI is InChI=1S/C13H20N2O4S/c1-15(9-12-4-2-3-7-19-12)20(17,18)13-6-5-11(10-16)8-14-13/h5-6,8,12,16H,2-4,7,9-10H2,1H3. The summed E-state index contributed by atoms with van der Waals surface area (Å²) < 4.78 is 31.5. The molecule has 0 saturated carbocycles. The van der Waals surface area contributed by atoms with Gasteiger partial charge in [-0.05, 0) is 30.9 Å². The molecule has 20 heavy (non-hydrogen) atoms. The van der Waals surface area contributed by atoms with E-state index in [4.69, 9.17) is 9.84 Å². The average molecular weight is 300 g/mol. The van der Waals surface area contributed by atoms with Crippen LogP contribution in [0.15, 0.2) is 23.4 Å². The Bertz CT molecular complexity index is 524. The van der Waals surface area contributed by atoms with Crippen LogP contribution in [0.1, 0.15) is 24.8 Å². The smallest absolute Gasteiger partial charge is 0.260 e. The monoisotopic (exact) mass is 300 g/mol. The van der Waals surface area contributed by atoms with Crippen molar-refractivity contribution in [2.45, 2.75) is 37.0 Å². The maximum atomic E-state index is 12.4. The molecule has 7 heteroatoms. The van der Waals surface area contributed by atoms with Crippen molar-refractivity contribution in [1.29, 1.82) is 0 Å². The molecule has 2 rings (SSSR count). The van der Waals surface area contributed by atoms with Crippen LogP contribution in [-0.2, 0) is 21.4 Å². The zero-order valence-electron chi connectivity index (χ0n) is 11.5. The van der Waals surface area contributed by atoms with Gasteiger partial charge in [-0.1, -0.05) is 6.07 Å². The summed E-state index contributed by atoms with van der Waals surface area (Å²) in [5.41, 5.74) is 0.585. The average Bonchev–Trinajstić information content (AvgIpc) is 2.48. The predicted molar refractivity (Wildman–Crippen MR) is 73.6 cm³/mol. The Morgan fingerprint density at radius 3 is 2.80 bits per heavy atom. The number of likely N-dealkylation sites (N-methyl/N-ethyl adjacent to an activating group) is 1. The molecule has 0 bridgehead atoms. The molecule has 1 N–H and O–H groups in total. The third-order valence-electron chi connectivity index (χ3n) is 3.39. The van der Waals surface area contributed by atoms with Crippen molar-refractivity contribution in [2.75, 3.05) is 20.2 Å². The first kappa shape index (κ1) is 15.4. The lowest BCUT2D eigenvalue weighted by Crippen LogP contribution is -2.37. The van der Waals surface area contributed by atoms with E-state index in [9.17, 15) is 8.42 Å². The van der Waals surface area contributed by atoms with Crippen LogP contribution in [0, 0.1) is 0 Å². The predicted octanol–water partition coefficient (Wildman–Crippen LogP) is 0.764. The maximum Gasteiger partial charge on any atom is 0.260 e. The van der Waals surface area contributed by atoms with Crippen molar-refractivity contribution in [1.82, 2.24) is 9.29 Å². The van der Waals surface area contributed by atoms with E-state index in [-0.39, 0.29) is 17.7 Å². The first-order chi connectivity index (χ1) is 9.54. The van der Waals surface area contributed by atoms with Crippen LogP contribution in [0.3, 0.4) is 0 Å². The molecule has 1 saturated heterocycles. The van der Waals surface area contributed by atoms with E-state index in [1.165, 1.54) is 23.6 Å². The highest BCUT2D eigenvalue weighted by Crippen LogP contribution is 2.17. The number of rotatable bonds is 5. The molecular formula is C13H20N2O4S. The van der Waals surface area contributed by atoms with E-state index in [0.29, 0.717) is 18.7 Å². The van der Waals surface area contributed by atoms with Crippen LogP contribution in [0.2, 0.25) is 0 Å². The maximum absolute atomic E-state index is 12.4. The lowest BCUT2D eigenvalue weighted by atomic mass is 10.1. The van der Waals surface area contributed by atoms with Crippen LogP contribution in [-0.4, -0.2) is 49.1 Å². The van der Waals surface area contributed by atoms with Gasteiger partial charge in [0.05, 0.1) is 12.7 Å². The number of aliphatic hydroxyl groups excluding tert-OH is 1. The van der Waals surface area contributed by atoms with Crippen LogP contribution < -0.4 is 0 Å². The number of aliphatic hydroxyl groups is 1. The summed E-state index contributed by atoms with van der Waals surface area (Å²) in [4.78, 5) is 3.90. The summed E-state index contributed by atoms with van der Waals surface area (Å²) in [6, 6.07) is 2.98. The van der Waals surface area contributed by atoms with Gasteiger partial charge in [0.15, 0.2) is 5.03 Å². The lowest BCUT2D eigenvalue weighted by molar-refractivity contribution is 0.00856. The van der Waals surface area contributed by atoms with E-state index in [2.05, 4.69) is 4.98 Å². The zero-order valence-corrected chi connectivity index (χ0v) is 12.3. The Balaban J connectivity index is 2.07. The normalized spacial score (nSPS) is 20.2. The number of aromatic nitrogens is 1. The van der Waals surface area contributed by atoms with Crippen LogP contribution in [0.4, 0.5) is 0 Å². The minimum absolute atomic E-state index is 0.00647. The quantitative estimate of drug-likeness (QED) is 0.868. The Morgan fingerprint density at radius 2 is 2.25 bits per heavy atom. The fourth-order valence-corrected chi connectivity index (χ4v) is 3.26. The summed E-state index contributed by atoms with van der Waals surface area (Å²) in [7, 11) is -2.07. The largest absolute Gasteiger partial charge is 0.392 e. The van der Waals surface area contributed by atoms with Gasteiger partial charge in [-0.3, -0.25) is 0 Å². The fourth-order valence-electron chi connectivity index (χ4n) is 2.15. The molecule has 1 fully saturated rings. The summed E-state index contributed by atoms with van der Waals surface area (Å²) in [5, 5.41) is 8.93. The van der Waals surface area contributed by atoms with E-state index < -0.39 is 10.0 Å². The molecule has 112 valence electrons. The topological polar surface area (TPSA) is 79.7 Å². The molecule has 2 heterocycles. The van der Waals surface area contributed by atoms with Gasteiger partial charge < -0.3 is 9.84 Å². The Labute approximate surface area is 119 Å². The first-order valence-electron chi connectivity index (χ1n) is 6.68. The van der Waals surface area contributed by atoms with Gasteiger partial charge in [-0.15, -0.1) is 0 Å². The van der Waals surface area contributed by atoms with Crippen LogP contribution in [0.5, 0.6) is 0 Å². The molecular weight excluding hydrogens is 280 g/mol. The summed E-state index contributed by atoms with van der Waals surface area (Å²) in [6.07, 6.45) is 4.33. The number of sulfonamides is 1. The van der Waals surface area contributed by atoms with Crippen LogP contribution >= 0.6 is 0 Å². The molecule has 0 aromatic carbocycles. The molecule has 1 aliphatic heterocycles. The van der Waals surface area contributed by atoms with Crippen molar-refractivity contribution < 1.29 is 18.3 Å². The second-order valence-electron chi connectivity index (χ2n) is 4.94. The highest BCUT2D eigenvalue weighted by Gasteiger charge is 2.26. The van der Waals surface area contributed by atoms with Gasteiger partial charge in [0.1, 0.15) is 0 Å². The Morgan fingerprint density at radius 1 is 1.45 bits per heavy atom. The Hall–Kier alpha value is -1.02. The van der Waals surface area contributed by atoms with Crippen molar-refractivity contribution in [3.05, 3.63) is 23.9 Å². The molecule has 1 unspecified atom stereocenters. The van der Waals surface area contributed by atoms with E-state index in [1.54, 1.807) is 6.07 Å². The van der Waals surface area contributed by atoms with E-state index >= 15 is 0 Å². The minimum atomic E-state index is -3.60. The summed E-state index contributed by atoms with van der Waals surface area (Å²) in [6.45, 7) is 0.882. The first-order valence-corrected chi connectivity index (χ1v) is 8.12. The molecule has 1 aromatic heterocycles. The summed E-state index contributed by atoms with van der Waals surface area (Å²) >= 11 is 0. The molecule has 0 spiro atoms. The van der Waals surface area contributed by atoms with E-state index in [1.807, 2.05) is 0 Å². The van der Waals surface area contributed by atoms with E-state index in [0.717, 1.165) is 19.3 Å². The third kappa shape index (κ3) is 3.54. The van der Waals surface area contributed by atoms with Crippen molar-refractivity contribution in [3.63, 3.8) is 0 Å². The highest BCUT2D eigenvalue weighted by atomic mass is 32.2. The fraction of sp³-hybridized carbons (Fsp3) is 0.615. The van der Waals surface area contributed by atoms with Gasteiger partial charge in [-0.2, -0.15) is 4.31 Å². The molecule has 0 radical (unpaired) electrons. The second-order valence-corrected chi connectivity index (χ2v) is 6.93. The Kier molecular flexibility index (Phi) is 5.09. The summed E-state index contributed by atoms with van der Waals surface area (Å²) in [5.74, 6) is 0. The van der Waals surface area contributed by atoms with Crippen LogP contribution in [0.25, 0.3) is 0 Å². The third-order valence-corrected chi connectivity index (χ3v) is 5.13. The molecule has 0 aliphatic carbocycles. The molecule has 6 nitrogen and oxygen atoms in total. The minimum Gasteiger partial charge on any atom is -0.392 e. The van der Waals surface area contributed by atoms with Gasteiger partial charge in [0.25, 0.3) is 10.0 Å². The number of hydrogen-bond donors (Lipinski definition) is 1. The van der Waals surface area contributed by atoms with Gasteiger partial charge in [0.2, 0.25) is 0 Å². The number of ether oxygens (including phenoxy) is 1. The molecule has 0 amide bonds. The highest BCUT2D eigenvalue weighted by molar-refractivity contribution is 7.89. The van der Waals surface area contributed by atoms with Crippen molar-refractivity contribution >= 4 is 10.0 Å². The lowest BCUT2D eigenvalue weighted by Gasteiger charge is -2.26. The number of nitrogens with zero attached hydrogens (tertiary/aromatic N) is 2. The van der Waals surface area contributed by atoms with Crippen molar-refractivity contribution in [3.8, 4) is 0 Å². The SMILES string of the molecule is CN(CC1CCCCO1)S(=O)(=O)c1ccc(CO)cn1. The number of hydrogen-bond acceptors (Lipinski definition) is 5.